The van der Waals surface area contributed by atoms with Gasteiger partial charge in [0.2, 0.25) is 0 Å². The van der Waals surface area contributed by atoms with E-state index < -0.39 is 0 Å². The van der Waals surface area contributed by atoms with Crippen LogP contribution in [0.15, 0.2) is 29.2 Å². The van der Waals surface area contributed by atoms with E-state index in [1.54, 1.807) is 0 Å². The van der Waals surface area contributed by atoms with E-state index in [0.717, 1.165) is 6.61 Å². The Kier molecular flexibility index (Phi) is 4.16. The topological polar surface area (TPSA) is 9.23 Å². The van der Waals surface area contributed by atoms with Crippen LogP contribution in [0.5, 0.6) is 0 Å². The summed E-state index contributed by atoms with van der Waals surface area (Å²) < 4.78 is 5.74. The molecule has 2 heteroatoms. The van der Waals surface area contributed by atoms with Gasteiger partial charge in [-0.25, -0.2) is 0 Å². The second-order valence-electron chi connectivity index (χ2n) is 5.69. The lowest BCUT2D eigenvalue weighted by molar-refractivity contribution is 0.0728. The van der Waals surface area contributed by atoms with Crippen LogP contribution in [0.1, 0.15) is 45.6 Å². The summed E-state index contributed by atoms with van der Waals surface area (Å²) in [5, 5.41) is 0. The number of thioether (sulfide) groups is 1. The van der Waals surface area contributed by atoms with Crippen molar-refractivity contribution in [1.82, 2.24) is 0 Å². The predicted molar refractivity (Wildman–Crippen MR) is 74.6 cm³/mol. The third kappa shape index (κ3) is 3.75. The molecule has 0 spiro atoms. The maximum atomic E-state index is 5.74. The lowest BCUT2D eigenvalue weighted by atomic mass is 9.87. The highest BCUT2D eigenvalue weighted by Crippen LogP contribution is 2.31. The summed E-state index contributed by atoms with van der Waals surface area (Å²) in [6.07, 6.45) is 3.71. The molecule has 17 heavy (non-hydrogen) atoms. The Hall–Kier alpha value is -0.470. The van der Waals surface area contributed by atoms with Crippen molar-refractivity contribution in [3.8, 4) is 0 Å². The summed E-state index contributed by atoms with van der Waals surface area (Å²) in [5.41, 5.74) is 2.00. The molecule has 1 aliphatic rings. The van der Waals surface area contributed by atoms with Crippen LogP contribution in [0.2, 0.25) is 0 Å². The first-order chi connectivity index (χ1) is 8.05. The van der Waals surface area contributed by atoms with E-state index in [9.17, 15) is 0 Å². The van der Waals surface area contributed by atoms with Crippen molar-refractivity contribution < 1.29 is 4.74 Å². The fourth-order valence-corrected chi connectivity index (χ4v) is 3.03. The van der Waals surface area contributed by atoms with Gasteiger partial charge >= 0.3 is 0 Å². The van der Waals surface area contributed by atoms with Crippen molar-refractivity contribution >= 4 is 11.8 Å². The molecule has 1 nitrogen and oxygen atoms in total. The standard InChI is InChI=1S/C15H22OS/c1-15(2,3)12-7-9-13(10-8-12)17-14-6-4-5-11-16-14/h7-10,14H,4-6,11H2,1-3H3. The predicted octanol–water partition coefficient (Wildman–Crippen LogP) is 4.60. The van der Waals surface area contributed by atoms with Crippen LogP contribution in [0.3, 0.4) is 0 Å². The minimum absolute atomic E-state index is 0.241. The summed E-state index contributed by atoms with van der Waals surface area (Å²) in [5.74, 6) is 0. The zero-order valence-electron chi connectivity index (χ0n) is 11.0. The molecular weight excluding hydrogens is 228 g/mol. The number of ether oxygens (including phenoxy) is 1. The van der Waals surface area contributed by atoms with Gasteiger partial charge in [-0.15, -0.1) is 0 Å². The number of benzene rings is 1. The molecule has 1 aromatic carbocycles. The van der Waals surface area contributed by atoms with E-state index in [0.29, 0.717) is 5.44 Å². The number of rotatable bonds is 2. The number of hydrogen-bond donors (Lipinski definition) is 0. The SMILES string of the molecule is CC(C)(C)c1ccc(SC2CCCCO2)cc1. The minimum atomic E-state index is 0.241. The summed E-state index contributed by atoms with van der Waals surface area (Å²) >= 11 is 1.86. The molecule has 1 fully saturated rings. The third-order valence-corrected chi connectivity index (χ3v) is 4.30. The van der Waals surface area contributed by atoms with Crippen molar-refractivity contribution in [2.45, 2.75) is 55.8 Å². The first-order valence-corrected chi connectivity index (χ1v) is 7.32. The molecule has 0 bridgehead atoms. The Balaban J connectivity index is 1.98. The monoisotopic (exact) mass is 250 g/mol. The van der Waals surface area contributed by atoms with E-state index in [1.165, 1.54) is 29.7 Å². The summed E-state index contributed by atoms with van der Waals surface area (Å²) in [6, 6.07) is 8.93. The smallest absolute Gasteiger partial charge is 0.107 e. The van der Waals surface area contributed by atoms with Crippen molar-refractivity contribution in [3.63, 3.8) is 0 Å². The third-order valence-electron chi connectivity index (χ3n) is 3.13. The molecule has 1 aliphatic heterocycles. The van der Waals surface area contributed by atoms with Gasteiger partial charge in [-0.3, -0.25) is 0 Å². The molecule has 0 aliphatic carbocycles. The van der Waals surface area contributed by atoms with Gasteiger partial charge in [0, 0.05) is 11.5 Å². The van der Waals surface area contributed by atoms with Crippen LogP contribution in [0, 0.1) is 0 Å². The largest absolute Gasteiger partial charge is 0.367 e. The van der Waals surface area contributed by atoms with Gasteiger partial charge in [-0.1, -0.05) is 44.7 Å². The lowest BCUT2D eigenvalue weighted by Gasteiger charge is -2.23. The van der Waals surface area contributed by atoms with Gasteiger partial charge in [0.15, 0.2) is 0 Å². The molecule has 1 atom stereocenters. The molecule has 1 saturated heterocycles. The van der Waals surface area contributed by atoms with Crippen LogP contribution in [-0.2, 0) is 10.2 Å². The highest BCUT2D eigenvalue weighted by atomic mass is 32.2. The maximum Gasteiger partial charge on any atom is 0.107 e. The first kappa shape index (κ1) is 13.0. The molecule has 0 saturated carbocycles. The molecule has 1 heterocycles. The zero-order chi connectivity index (χ0) is 12.3. The second-order valence-corrected chi connectivity index (χ2v) is 6.92. The van der Waals surface area contributed by atoms with Gasteiger partial charge in [-0.05, 0) is 42.4 Å². The average molecular weight is 250 g/mol. The minimum Gasteiger partial charge on any atom is -0.367 e. The molecule has 0 amide bonds. The molecule has 1 unspecified atom stereocenters. The van der Waals surface area contributed by atoms with E-state index in [1.807, 2.05) is 11.8 Å². The quantitative estimate of drug-likeness (QED) is 0.758. The molecule has 0 N–H and O–H groups in total. The second kappa shape index (κ2) is 5.45. The Labute approximate surface area is 109 Å². The van der Waals surface area contributed by atoms with Crippen molar-refractivity contribution in [3.05, 3.63) is 29.8 Å². The van der Waals surface area contributed by atoms with E-state index in [-0.39, 0.29) is 5.41 Å². The fourth-order valence-electron chi connectivity index (χ4n) is 1.99. The van der Waals surface area contributed by atoms with Crippen LogP contribution >= 0.6 is 11.8 Å². The van der Waals surface area contributed by atoms with Gasteiger partial charge in [-0.2, -0.15) is 0 Å². The van der Waals surface area contributed by atoms with Gasteiger partial charge < -0.3 is 4.74 Å². The van der Waals surface area contributed by atoms with E-state index in [4.69, 9.17) is 4.74 Å². The van der Waals surface area contributed by atoms with Crippen LogP contribution in [0.4, 0.5) is 0 Å². The molecule has 0 radical (unpaired) electrons. The molecule has 2 rings (SSSR count). The van der Waals surface area contributed by atoms with Crippen molar-refractivity contribution in [2.24, 2.45) is 0 Å². The summed E-state index contributed by atoms with van der Waals surface area (Å²) in [6.45, 7) is 7.68. The average Bonchev–Trinajstić information content (AvgIpc) is 2.30. The summed E-state index contributed by atoms with van der Waals surface area (Å²) in [4.78, 5) is 1.32. The van der Waals surface area contributed by atoms with E-state index >= 15 is 0 Å². The Bertz CT molecular complexity index is 344. The maximum absolute atomic E-state index is 5.74. The Morgan fingerprint density at radius 3 is 2.35 bits per heavy atom. The number of hydrogen-bond acceptors (Lipinski definition) is 2. The van der Waals surface area contributed by atoms with Crippen LogP contribution in [-0.4, -0.2) is 12.0 Å². The Morgan fingerprint density at radius 1 is 1.12 bits per heavy atom. The molecular formula is C15H22OS. The fraction of sp³-hybridized carbons (Fsp3) is 0.600. The zero-order valence-corrected chi connectivity index (χ0v) is 11.8. The van der Waals surface area contributed by atoms with Crippen LogP contribution in [0.25, 0.3) is 0 Å². The van der Waals surface area contributed by atoms with Gasteiger partial charge in [0.25, 0.3) is 0 Å². The summed E-state index contributed by atoms with van der Waals surface area (Å²) in [7, 11) is 0. The van der Waals surface area contributed by atoms with Crippen molar-refractivity contribution in [1.29, 1.82) is 0 Å². The molecule has 1 aromatic rings. The van der Waals surface area contributed by atoms with Crippen molar-refractivity contribution in [2.75, 3.05) is 6.61 Å². The van der Waals surface area contributed by atoms with E-state index in [2.05, 4.69) is 45.0 Å². The normalized spacial score (nSPS) is 21.5. The van der Waals surface area contributed by atoms with Gasteiger partial charge in [0.1, 0.15) is 5.44 Å². The highest BCUT2D eigenvalue weighted by Gasteiger charge is 2.16. The van der Waals surface area contributed by atoms with Crippen LogP contribution < -0.4 is 0 Å². The first-order valence-electron chi connectivity index (χ1n) is 6.44. The molecule has 94 valence electrons. The molecule has 0 aromatic heterocycles. The van der Waals surface area contributed by atoms with Gasteiger partial charge in [0.05, 0.1) is 0 Å². The lowest BCUT2D eigenvalue weighted by Crippen LogP contribution is -2.15. The Morgan fingerprint density at radius 2 is 1.82 bits per heavy atom. The highest BCUT2D eigenvalue weighted by molar-refractivity contribution is 7.99.